The van der Waals surface area contributed by atoms with Crippen LogP contribution >= 0.6 is 0 Å². The van der Waals surface area contributed by atoms with Crippen molar-refractivity contribution in [2.45, 2.75) is 33.2 Å². The molecule has 0 aromatic carbocycles. The molecule has 1 heterocycles. The first kappa shape index (κ1) is 12.7. The number of aliphatic hydroxyl groups is 1. The second-order valence-electron chi connectivity index (χ2n) is 4.31. The van der Waals surface area contributed by atoms with Gasteiger partial charge in [-0.1, -0.05) is 19.0 Å². The highest BCUT2D eigenvalue weighted by atomic mass is 16.5. The highest BCUT2D eigenvalue weighted by Gasteiger charge is 2.16. The van der Waals surface area contributed by atoms with E-state index in [0.717, 1.165) is 6.42 Å². The highest BCUT2D eigenvalue weighted by Crippen LogP contribution is 2.06. The first-order valence-corrected chi connectivity index (χ1v) is 5.38. The van der Waals surface area contributed by atoms with E-state index in [1.54, 1.807) is 13.0 Å². The van der Waals surface area contributed by atoms with Crippen LogP contribution in [0.25, 0.3) is 0 Å². The average Bonchev–Trinajstić information content (AvgIpc) is 2.63. The van der Waals surface area contributed by atoms with Gasteiger partial charge in [0.25, 0.3) is 5.91 Å². The summed E-state index contributed by atoms with van der Waals surface area (Å²) in [6, 6.07) is 1.34. The zero-order valence-corrected chi connectivity index (χ0v) is 9.86. The minimum atomic E-state index is -0.309. The molecule has 0 radical (unpaired) electrons. The lowest BCUT2D eigenvalue weighted by molar-refractivity contribution is 0.0899. The molecule has 0 aliphatic heterocycles. The first-order valence-electron chi connectivity index (χ1n) is 5.38. The number of nitrogens with zero attached hydrogens (tertiary/aromatic N) is 1. The summed E-state index contributed by atoms with van der Waals surface area (Å²) in [6.45, 7) is 5.73. The van der Waals surface area contributed by atoms with Gasteiger partial charge in [-0.05, 0) is 19.3 Å². The Hall–Kier alpha value is -1.36. The van der Waals surface area contributed by atoms with Crippen LogP contribution in [0.1, 0.15) is 36.5 Å². The molecule has 0 saturated carbocycles. The van der Waals surface area contributed by atoms with Crippen molar-refractivity contribution in [2.24, 2.45) is 5.92 Å². The summed E-state index contributed by atoms with van der Waals surface area (Å²) in [7, 11) is 0. The molecule has 90 valence electrons. The normalized spacial score (nSPS) is 12.8. The van der Waals surface area contributed by atoms with Gasteiger partial charge in [0.1, 0.15) is 5.76 Å². The van der Waals surface area contributed by atoms with Crippen molar-refractivity contribution in [3.63, 3.8) is 0 Å². The Kier molecular flexibility index (Phi) is 4.49. The molecule has 5 heteroatoms. The number of amides is 1. The lowest BCUT2D eigenvalue weighted by atomic mass is 10.0. The van der Waals surface area contributed by atoms with Gasteiger partial charge < -0.3 is 14.9 Å². The molecule has 0 aliphatic rings. The van der Waals surface area contributed by atoms with Crippen LogP contribution in [0.5, 0.6) is 0 Å². The number of rotatable bonds is 5. The number of hydrogen-bond donors (Lipinski definition) is 2. The fourth-order valence-electron chi connectivity index (χ4n) is 1.48. The summed E-state index contributed by atoms with van der Waals surface area (Å²) in [5.74, 6) is 0.697. The van der Waals surface area contributed by atoms with Gasteiger partial charge in [-0.15, -0.1) is 0 Å². The van der Waals surface area contributed by atoms with E-state index in [0.29, 0.717) is 11.7 Å². The standard InChI is InChI=1S/C11H18N2O3/c1-7(2)4-9(6-14)12-11(15)10-5-8(3)16-13-10/h5,7,9,14H,4,6H2,1-3H3,(H,12,15). The number of aryl methyl sites for hydroxylation is 1. The van der Waals surface area contributed by atoms with E-state index < -0.39 is 0 Å². The SMILES string of the molecule is Cc1cc(C(=O)NC(CO)CC(C)C)no1. The molecule has 0 saturated heterocycles. The molecule has 1 aromatic heterocycles. The van der Waals surface area contributed by atoms with Crippen molar-refractivity contribution in [3.05, 3.63) is 17.5 Å². The van der Waals surface area contributed by atoms with Gasteiger partial charge >= 0.3 is 0 Å². The number of aromatic nitrogens is 1. The Labute approximate surface area is 94.8 Å². The molecule has 5 nitrogen and oxygen atoms in total. The quantitative estimate of drug-likeness (QED) is 0.789. The molecule has 1 aromatic rings. The highest BCUT2D eigenvalue weighted by molar-refractivity contribution is 5.92. The van der Waals surface area contributed by atoms with Crippen LogP contribution in [0.3, 0.4) is 0 Å². The largest absolute Gasteiger partial charge is 0.394 e. The van der Waals surface area contributed by atoms with E-state index in [-0.39, 0.29) is 24.2 Å². The molecule has 1 unspecified atom stereocenters. The number of hydrogen-bond acceptors (Lipinski definition) is 4. The minimum Gasteiger partial charge on any atom is -0.394 e. The second-order valence-corrected chi connectivity index (χ2v) is 4.31. The third-order valence-corrected chi connectivity index (χ3v) is 2.17. The van der Waals surface area contributed by atoms with Crippen LogP contribution in [0, 0.1) is 12.8 Å². The van der Waals surface area contributed by atoms with Crippen LogP contribution in [0.15, 0.2) is 10.6 Å². The van der Waals surface area contributed by atoms with Crippen molar-refractivity contribution in [1.82, 2.24) is 10.5 Å². The summed E-state index contributed by atoms with van der Waals surface area (Å²) in [4.78, 5) is 11.7. The lowest BCUT2D eigenvalue weighted by Gasteiger charge is -2.17. The van der Waals surface area contributed by atoms with Crippen molar-refractivity contribution < 1.29 is 14.4 Å². The number of carbonyl (C=O) groups excluding carboxylic acids is 1. The molecule has 0 fully saturated rings. The Bertz CT molecular complexity index is 347. The van der Waals surface area contributed by atoms with E-state index in [4.69, 9.17) is 9.63 Å². The molecule has 0 spiro atoms. The van der Waals surface area contributed by atoms with E-state index in [1.165, 1.54) is 0 Å². The van der Waals surface area contributed by atoms with Gasteiger partial charge in [0, 0.05) is 6.07 Å². The average molecular weight is 226 g/mol. The maximum absolute atomic E-state index is 11.7. The van der Waals surface area contributed by atoms with Crippen LogP contribution < -0.4 is 5.32 Å². The van der Waals surface area contributed by atoms with Gasteiger partial charge in [-0.3, -0.25) is 4.79 Å². The fourth-order valence-corrected chi connectivity index (χ4v) is 1.48. The van der Waals surface area contributed by atoms with E-state index in [9.17, 15) is 4.79 Å². The monoisotopic (exact) mass is 226 g/mol. The lowest BCUT2D eigenvalue weighted by Crippen LogP contribution is -2.38. The van der Waals surface area contributed by atoms with Gasteiger partial charge in [0.2, 0.25) is 0 Å². The number of nitrogens with one attached hydrogen (secondary N) is 1. The molecule has 0 aliphatic carbocycles. The number of aliphatic hydroxyl groups excluding tert-OH is 1. The summed E-state index contributed by atoms with van der Waals surface area (Å²) in [5.41, 5.74) is 0.250. The minimum absolute atomic E-state index is 0.0687. The van der Waals surface area contributed by atoms with E-state index >= 15 is 0 Å². The molecular formula is C11H18N2O3. The van der Waals surface area contributed by atoms with Gasteiger partial charge in [-0.2, -0.15) is 0 Å². The Morgan fingerprint density at radius 2 is 2.31 bits per heavy atom. The van der Waals surface area contributed by atoms with E-state index in [2.05, 4.69) is 10.5 Å². The summed E-state index contributed by atoms with van der Waals surface area (Å²) in [6.07, 6.45) is 0.735. The van der Waals surface area contributed by atoms with Gasteiger partial charge in [-0.25, -0.2) is 0 Å². The maximum Gasteiger partial charge on any atom is 0.273 e. The smallest absolute Gasteiger partial charge is 0.273 e. The molecule has 0 bridgehead atoms. The molecule has 1 atom stereocenters. The summed E-state index contributed by atoms with van der Waals surface area (Å²) >= 11 is 0. The zero-order valence-electron chi connectivity index (χ0n) is 9.86. The molecule has 2 N–H and O–H groups in total. The molecule has 1 rings (SSSR count). The van der Waals surface area contributed by atoms with Crippen LogP contribution in [-0.2, 0) is 0 Å². The predicted molar refractivity (Wildman–Crippen MR) is 59.0 cm³/mol. The summed E-state index contributed by atoms with van der Waals surface area (Å²) in [5, 5.41) is 15.4. The zero-order chi connectivity index (χ0) is 12.1. The van der Waals surface area contributed by atoms with Crippen molar-refractivity contribution in [3.8, 4) is 0 Å². The molecule has 1 amide bonds. The number of carbonyl (C=O) groups is 1. The fraction of sp³-hybridized carbons (Fsp3) is 0.636. The molecule has 16 heavy (non-hydrogen) atoms. The van der Waals surface area contributed by atoms with Crippen LogP contribution in [0.4, 0.5) is 0 Å². The van der Waals surface area contributed by atoms with Crippen molar-refractivity contribution >= 4 is 5.91 Å². The Morgan fingerprint density at radius 3 is 2.75 bits per heavy atom. The predicted octanol–water partition coefficient (Wildman–Crippen LogP) is 1.12. The van der Waals surface area contributed by atoms with Crippen molar-refractivity contribution in [2.75, 3.05) is 6.61 Å². The third kappa shape index (κ3) is 3.66. The van der Waals surface area contributed by atoms with Gasteiger partial charge in [0.15, 0.2) is 5.69 Å². The summed E-state index contributed by atoms with van der Waals surface area (Å²) < 4.78 is 4.81. The first-order chi connectivity index (χ1) is 7.52. The van der Waals surface area contributed by atoms with Gasteiger partial charge in [0.05, 0.1) is 12.6 Å². The maximum atomic E-state index is 11.7. The topological polar surface area (TPSA) is 75.4 Å². The molecular weight excluding hydrogens is 208 g/mol. The van der Waals surface area contributed by atoms with Crippen LogP contribution in [-0.4, -0.2) is 28.8 Å². The van der Waals surface area contributed by atoms with E-state index in [1.807, 2.05) is 13.8 Å². The van der Waals surface area contributed by atoms with Crippen molar-refractivity contribution in [1.29, 1.82) is 0 Å². The van der Waals surface area contributed by atoms with Crippen LogP contribution in [0.2, 0.25) is 0 Å². The Balaban J connectivity index is 2.55. The second kappa shape index (κ2) is 5.65. The Morgan fingerprint density at radius 1 is 1.62 bits per heavy atom. The third-order valence-electron chi connectivity index (χ3n) is 2.17.